The topological polar surface area (TPSA) is 79.7 Å². The van der Waals surface area contributed by atoms with Gasteiger partial charge in [-0.3, -0.25) is 19.5 Å². The van der Waals surface area contributed by atoms with Crippen LogP contribution >= 0.6 is 15.9 Å². The van der Waals surface area contributed by atoms with Gasteiger partial charge in [0.05, 0.1) is 23.2 Å². The molecule has 1 unspecified atom stereocenters. The van der Waals surface area contributed by atoms with Crippen LogP contribution < -0.4 is 9.64 Å². The average molecular weight is 483 g/mol. The van der Waals surface area contributed by atoms with Gasteiger partial charge in [-0.05, 0) is 76.1 Å². The third-order valence-electron chi connectivity index (χ3n) is 5.00. The van der Waals surface area contributed by atoms with Gasteiger partial charge in [-0.15, -0.1) is 0 Å². The van der Waals surface area contributed by atoms with Gasteiger partial charge in [0.15, 0.2) is 0 Å². The molecule has 0 aliphatic carbocycles. The van der Waals surface area contributed by atoms with Crippen LogP contribution in [0.1, 0.15) is 17.2 Å². The first-order valence-corrected chi connectivity index (χ1v) is 10.0. The van der Waals surface area contributed by atoms with Crippen molar-refractivity contribution in [2.24, 2.45) is 0 Å². The van der Waals surface area contributed by atoms with Crippen LogP contribution in [0.4, 0.5) is 10.1 Å². The van der Waals surface area contributed by atoms with E-state index >= 15 is 0 Å². The SMILES string of the molecule is COc1ccc(/C(O)=C2/C(=O)C(=O)N(c3ccc(F)cc3)C2c2ccncc2)cc1Br. The van der Waals surface area contributed by atoms with Crippen molar-refractivity contribution in [3.8, 4) is 5.75 Å². The summed E-state index contributed by atoms with van der Waals surface area (Å²) in [6.07, 6.45) is 3.06. The summed E-state index contributed by atoms with van der Waals surface area (Å²) in [4.78, 5) is 31.2. The van der Waals surface area contributed by atoms with Crippen LogP contribution in [0.2, 0.25) is 0 Å². The number of amides is 1. The Morgan fingerprint density at radius 1 is 1.10 bits per heavy atom. The summed E-state index contributed by atoms with van der Waals surface area (Å²) < 4.78 is 19.2. The first-order chi connectivity index (χ1) is 14.9. The molecule has 6 nitrogen and oxygen atoms in total. The number of pyridine rings is 1. The Balaban J connectivity index is 1.92. The number of Topliss-reactive ketones (excluding diaryl/α,β-unsaturated/α-hetero) is 1. The molecule has 4 rings (SSSR count). The summed E-state index contributed by atoms with van der Waals surface area (Å²) in [5.74, 6) is -1.90. The van der Waals surface area contributed by atoms with E-state index in [0.29, 0.717) is 27.0 Å². The van der Waals surface area contributed by atoms with Gasteiger partial charge in [-0.2, -0.15) is 0 Å². The Kier molecular flexibility index (Phi) is 5.56. The number of methoxy groups -OCH3 is 1. The number of aliphatic hydroxyl groups excluding tert-OH is 1. The highest BCUT2D eigenvalue weighted by molar-refractivity contribution is 9.10. The van der Waals surface area contributed by atoms with Crippen molar-refractivity contribution in [3.05, 3.63) is 94.0 Å². The van der Waals surface area contributed by atoms with Gasteiger partial charge in [0.2, 0.25) is 0 Å². The number of hydrogen-bond acceptors (Lipinski definition) is 5. The van der Waals surface area contributed by atoms with Gasteiger partial charge in [0, 0.05) is 23.6 Å². The molecule has 8 heteroatoms. The summed E-state index contributed by atoms with van der Waals surface area (Å²) in [6, 6.07) is 12.5. The minimum atomic E-state index is -0.908. The maximum Gasteiger partial charge on any atom is 0.300 e. The molecule has 1 saturated heterocycles. The molecular weight excluding hydrogens is 467 g/mol. The number of carbonyl (C=O) groups excluding carboxylic acids is 2. The Hall–Kier alpha value is -3.52. The number of anilines is 1. The minimum Gasteiger partial charge on any atom is -0.507 e. The normalized spacial score (nSPS) is 17.8. The van der Waals surface area contributed by atoms with Crippen LogP contribution in [0.15, 0.2) is 77.0 Å². The van der Waals surface area contributed by atoms with Crippen LogP contribution in [0.5, 0.6) is 5.75 Å². The number of ketones is 1. The number of carbonyl (C=O) groups is 2. The van der Waals surface area contributed by atoms with Crippen LogP contribution in [0.3, 0.4) is 0 Å². The molecule has 1 aliphatic rings. The number of rotatable bonds is 4. The van der Waals surface area contributed by atoms with Crippen LogP contribution in [0.25, 0.3) is 5.76 Å². The second-order valence-corrected chi connectivity index (χ2v) is 7.63. The predicted octanol–water partition coefficient (Wildman–Crippen LogP) is 4.62. The molecule has 1 aliphatic heterocycles. The third kappa shape index (κ3) is 3.70. The van der Waals surface area contributed by atoms with E-state index in [9.17, 15) is 19.1 Å². The summed E-state index contributed by atoms with van der Waals surface area (Å²) in [7, 11) is 1.51. The number of halogens is 2. The zero-order valence-electron chi connectivity index (χ0n) is 16.3. The fourth-order valence-electron chi connectivity index (χ4n) is 3.53. The lowest BCUT2D eigenvalue weighted by molar-refractivity contribution is -0.132. The van der Waals surface area contributed by atoms with E-state index in [0.717, 1.165) is 0 Å². The zero-order valence-corrected chi connectivity index (χ0v) is 17.8. The lowest BCUT2D eigenvalue weighted by atomic mass is 9.95. The Morgan fingerprint density at radius 2 is 1.77 bits per heavy atom. The summed E-state index contributed by atoms with van der Waals surface area (Å²) in [5, 5.41) is 11.1. The van der Waals surface area contributed by atoms with Gasteiger partial charge in [0.1, 0.15) is 17.3 Å². The van der Waals surface area contributed by atoms with Crippen molar-refractivity contribution in [1.82, 2.24) is 4.98 Å². The van der Waals surface area contributed by atoms with Crippen molar-refractivity contribution >= 4 is 39.1 Å². The fourth-order valence-corrected chi connectivity index (χ4v) is 4.07. The number of ether oxygens (including phenoxy) is 1. The highest BCUT2D eigenvalue weighted by Gasteiger charge is 2.47. The van der Waals surface area contributed by atoms with Gasteiger partial charge in [-0.25, -0.2) is 4.39 Å². The average Bonchev–Trinajstić information content (AvgIpc) is 3.05. The third-order valence-corrected chi connectivity index (χ3v) is 5.62. The van der Waals surface area contributed by atoms with Gasteiger partial charge >= 0.3 is 0 Å². The van der Waals surface area contributed by atoms with Crippen LogP contribution in [-0.2, 0) is 9.59 Å². The Morgan fingerprint density at radius 3 is 2.39 bits per heavy atom. The molecule has 31 heavy (non-hydrogen) atoms. The standard InChI is InChI=1S/C23H16BrFN2O4/c1-31-18-7-2-14(12-17(18)24)21(28)19-20(13-8-10-26-11-9-13)27(23(30)22(19)29)16-5-3-15(25)4-6-16/h2-12,20,28H,1H3/b21-19-. The molecule has 0 spiro atoms. The van der Waals surface area contributed by atoms with E-state index in [4.69, 9.17) is 4.74 Å². The lowest BCUT2D eigenvalue weighted by Gasteiger charge is -2.25. The molecule has 2 heterocycles. The number of hydrogen-bond donors (Lipinski definition) is 1. The lowest BCUT2D eigenvalue weighted by Crippen LogP contribution is -2.29. The van der Waals surface area contributed by atoms with E-state index in [1.54, 1.807) is 30.3 Å². The van der Waals surface area contributed by atoms with Crippen molar-refractivity contribution in [2.75, 3.05) is 12.0 Å². The van der Waals surface area contributed by atoms with E-state index in [2.05, 4.69) is 20.9 Å². The highest BCUT2D eigenvalue weighted by Crippen LogP contribution is 2.42. The Bertz CT molecular complexity index is 1200. The van der Waals surface area contributed by atoms with Crippen molar-refractivity contribution in [2.45, 2.75) is 6.04 Å². The summed E-state index contributed by atoms with van der Waals surface area (Å²) in [5.41, 5.74) is 1.18. The van der Waals surface area contributed by atoms with Crippen molar-refractivity contribution in [1.29, 1.82) is 0 Å². The van der Waals surface area contributed by atoms with Crippen molar-refractivity contribution in [3.63, 3.8) is 0 Å². The van der Waals surface area contributed by atoms with E-state index < -0.39 is 23.5 Å². The summed E-state index contributed by atoms with van der Waals surface area (Å²) in [6.45, 7) is 0. The first-order valence-electron chi connectivity index (χ1n) is 9.22. The molecule has 1 amide bonds. The van der Waals surface area contributed by atoms with Crippen LogP contribution in [-0.4, -0.2) is 28.9 Å². The molecule has 1 atom stereocenters. The maximum absolute atomic E-state index is 13.5. The molecule has 1 fully saturated rings. The molecule has 1 aromatic heterocycles. The van der Waals surface area contributed by atoms with Gasteiger partial charge in [-0.1, -0.05) is 0 Å². The molecule has 0 radical (unpaired) electrons. The second kappa shape index (κ2) is 8.31. The highest BCUT2D eigenvalue weighted by atomic mass is 79.9. The molecule has 156 valence electrons. The number of aromatic nitrogens is 1. The molecule has 3 aromatic rings. The predicted molar refractivity (Wildman–Crippen MR) is 116 cm³/mol. The monoisotopic (exact) mass is 482 g/mol. The van der Waals surface area contributed by atoms with Crippen molar-refractivity contribution < 1.29 is 23.8 Å². The fraction of sp³-hybridized carbons (Fsp3) is 0.0870. The molecule has 2 aromatic carbocycles. The van der Waals surface area contributed by atoms with E-state index in [1.807, 2.05) is 0 Å². The summed E-state index contributed by atoms with van der Waals surface area (Å²) >= 11 is 3.36. The van der Waals surface area contributed by atoms with Crippen LogP contribution in [0, 0.1) is 5.82 Å². The number of aliphatic hydroxyl groups is 1. The minimum absolute atomic E-state index is 0.0717. The second-order valence-electron chi connectivity index (χ2n) is 6.78. The quantitative estimate of drug-likeness (QED) is 0.333. The first kappa shape index (κ1) is 20.7. The smallest absolute Gasteiger partial charge is 0.300 e. The number of nitrogens with zero attached hydrogens (tertiary/aromatic N) is 2. The van der Waals surface area contributed by atoms with Gasteiger partial charge in [0.25, 0.3) is 11.7 Å². The van der Waals surface area contributed by atoms with Gasteiger partial charge < -0.3 is 9.84 Å². The maximum atomic E-state index is 13.5. The van der Waals surface area contributed by atoms with E-state index in [-0.39, 0.29) is 11.3 Å². The molecule has 1 N–H and O–H groups in total. The molecular formula is C23H16BrFN2O4. The number of benzene rings is 2. The molecule has 0 saturated carbocycles. The van der Waals surface area contributed by atoms with E-state index in [1.165, 1.54) is 48.7 Å². The largest absolute Gasteiger partial charge is 0.507 e. The molecule has 0 bridgehead atoms. The zero-order chi connectivity index (χ0) is 22.1. The Labute approximate surface area is 185 Å².